The summed E-state index contributed by atoms with van der Waals surface area (Å²) in [4.78, 5) is 11.9. The van der Waals surface area contributed by atoms with Gasteiger partial charge in [-0.3, -0.25) is 0 Å². The molecule has 0 heterocycles. The number of carbonyl (C=O) groups is 1. The van der Waals surface area contributed by atoms with Crippen LogP contribution in [0.25, 0.3) is 6.08 Å². The fourth-order valence-electron chi connectivity index (χ4n) is 2.14. The molecule has 0 fully saturated rings. The first kappa shape index (κ1) is 18.8. The van der Waals surface area contributed by atoms with Gasteiger partial charge in [-0.1, -0.05) is 38.1 Å². The standard InChI is InChI=1S/C21H18N2O3/c1-15(2)18-5-9-19(10-6-18)25-14-21(24)26-20-7-3-16(4-8-20)11-17(12-22)13-23/h3-11,15H,14H2,1-2H3. The Labute approximate surface area is 152 Å². The smallest absolute Gasteiger partial charge is 0.349 e. The third-order valence-electron chi connectivity index (χ3n) is 3.57. The molecule has 0 radical (unpaired) electrons. The molecule has 130 valence electrons. The van der Waals surface area contributed by atoms with Gasteiger partial charge in [-0.05, 0) is 47.4 Å². The zero-order chi connectivity index (χ0) is 18.9. The van der Waals surface area contributed by atoms with Crippen molar-refractivity contribution in [2.24, 2.45) is 0 Å². The number of nitriles is 2. The number of carbonyl (C=O) groups excluding carboxylic acids is 1. The second-order valence-corrected chi connectivity index (χ2v) is 5.84. The van der Waals surface area contributed by atoms with Gasteiger partial charge < -0.3 is 9.47 Å². The van der Waals surface area contributed by atoms with Crippen LogP contribution in [0.3, 0.4) is 0 Å². The topological polar surface area (TPSA) is 83.1 Å². The molecule has 26 heavy (non-hydrogen) atoms. The van der Waals surface area contributed by atoms with Gasteiger partial charge in [0.1, 0.15) is 29.2 Å². The van der Waals surface area contributed by atoms with Crippen molar-refractivity contribution in [3.63, 3.8) is 0 Å². The van der Waals surface area contributed by atoms with Crippen molar-refractivity contribution in [1.29, 1.82) is 10.5 Å². The molecule has 0 aliphatic carbocycles. The summed E-state index contributed by atoms with van der Waals surface area (Å²) in [6.45, 7) is 4.02. The molecule has 0 aliphatic heterocycles. The highest BCUT2D eigenvalue weighted by molar-refractivity contribution is 5.74. The molecule has 5 heteroatoms. The minimum Gasteiger partial charge on any atom is -0.482 e. The van der Waals surface area contributed by atoms with Crippen LogP contribution in [-0.2, 0) is 4.79 Å². The molecule has 0 saturated carbocycles. The summed E-state index contributed by atoms with van der Waals surface area (Å²) >= 11 is 0. The molecule has 0 aromatic heterocycles. The number of hydrogen-bond acceptors (Lipinski definition) is 5. The van der Waals surface area contributed by atoms with Gasteiger partial charge in [0.25, 0.3) is 0 Å². The van der Waals surface area contributed by atoms with E-state index in [0.717, 1.165) is 0 Å². The number of allylic oxidation sites excluding steroid dienone is 1. The van der Waals surface area contributed by atoms with Gasteiger partial charge in [0.15, 0.2) is 6.61 Å². The van der Waals surface area contributed by atoms with E-state index in [9.17, 15) is 4.79 Å². The van der Waals surface area contributed by atoms with E-state index < -0.39 is 5.97 Å². The van der Waals surface area contributed by atoms with E-state index in [1.54, 1.807) is 36.4 Å². The second kappa shape index (κ2) is 9.05. The van der Waals surface area contributed by atoms with Crippen molar-refractivity contribution in [2.75, 3.05) is 6.61 Å². The predicted molar refractivity (Wildman–Crippen MR) is 97.3 cm³/mol. The van der Waals surface area contributed by atoms with E-state index in [4.69, 9.17) is 20.0 Å². The van der Waals surface area contributed by atoms with Gasteiger partial charge >= 0.3 is 5.97 Å². The molecule has 0 amide bonds. The Morgan fingerprint density at radius 3 is 2.12 bits per heavy atom. The van der Waals surface area contributed by atoms with Crippen LogP contribution >= 0.6 is 0 Å². The first-order valence-electron chi connectivity index (χ1n) is 8.07. The van der Waals surface area contributed by atoms with Crippen molar-refractivity contribution in [3.8, 4) is 23.6 Å². The third kappa shape index (κ3) is 5.51. The van der Waals surface area contributed by atoms with Crippen LogP contribution in [0.15, 0.2) is 54.1 Å². The average Bonchev–Trinajstić information content (AvgIpc) is 2.66. The fourth-order valence-corrected chi connectivity index (χ4v) is 2.14. The Morgan fingerprint density at radius 2 is 1.58 bits per heavy atom. The normalized spacial score (nSPS) is 9.73. The molecule has 0 unspecified atom stereocenters. The van der Waals surface area contributed by atoms with Gasteiger partial charge in [0.05, 0.1) is 0 Å². The summed E-state index contributed by atoms with van der Waals surface area (Å²) < 4.78 is 10.6. The summed E-state index contributed by atoms with van der Waals surface area (Å²) in [6.07, 6.45) is 1.45. The third-order valence-corrected chi connectivity index (χ3v) is 3.57. The molecule has 0 aliphatic rings. The molecule has 2 aromatic rings. The van der Waals surface area contributed by atoms with Crippen molar-refractivity contribution < 1.29 is 14.3 Å². The molecular weight excluding hydrogens is 328 g/mol. The molecule has 2 aromatic carbocycles. The molecule has 0 N–H and O–H groups in total. The van der Waals surface area contributed by atoms with E-state index in [1.165, 1.54) is 11.6 Å². The zero-order valence-electron chi connectivity index (χ0n) is 14.6. The van der Waals surface area contributed by atoms with Crippen LogP contribution < -0.4 is 9.47 Å². The van der Waals surface area contributed by atoms with E-state index in [-0.39, 0.29) is 12.2 Å². The fraction of sp³-hybridized carbons (Fsp3) is 0.190. The highest BCUT2D eigenvalue weighted by Crippen LogP contribution is 2.19. The minimum atomic E-state index is -0.518. The van der Waals surface area contributed by atoms with Crippen molar-refractivity contribution in [2.45, 2.75) is 19.8 Å². The van der Waals surface area contributed by atoms with Crippen LogP contribution in [0.2, 0.25) is 0 Å². The first-order chi connectivity index (χ1) is 12.5. The molecule has 0 bridgehead atoms. The largest absolute Gasteiger partial charge is 0.482 e. The molecule has 0 saturated heterocycles. The SMILES string of the molecule is CC(C)c1ccc(OCC(=O)Oc2ccc(C=C(C#N)C#N)cc2)cc1. The number of hydrogen-bond donors (Lipinski definition) is 0. The van der Waals surface area contributed by atoms with Gasteiger partial charge in [-0.25, -0.2) is 4.79 Å². The summed E-state index contributed by atoms with van der Waals surface area (Å²) in [6, 6.07) is 17.6. The Balaban J connectivity index is 1.89. The summed E-state index contributed by atoms with van der Waals surface area (Å²) in [5.74, 6) is 0.883. The Bertz CT molecular complexity index is 851. The maximum Gasteiger partial charge on any atom is 0.349 e. The molecule has 0 spiro atoms. The van der Waals surface area contributed by atoms with Crippen LogP contribution in [-0.4, -0.2) is 12.6 Å². The van der Waals surface area contributed by atoms with Crippen LogP contribution in [0.5, 0.6) is 11.5 Å². The lowest BCUT2D eigenvalue weighted by Gasteiger charge is -2.09. The number of benzene rings is 2. The highest BCUT2D eigenvalue weighted by Gasteiger charge is 2.07. The van der Waals surface area contributed by atoms with Gasteiger partial charge in [0, 0.05) is 0 Å². The number of ether oxygens (including phenoxy) is 2. The summed E-state index contributed by atoms with van der Waals surface area (Å²) in [5.41, 5.74) is 1.88. The van der Waals surface area contributed by atoms with Crippen molar-refractivity contribution in [3.05, 3.63) is 65.2 Å². The van der Waals surface area contributed by atoms with Crippen LogP contribution in [0.1, 0.15) is 30.9 Å². The number of esters is 1. The van der Waals surface area contributed by atoms with Gasteiger partial charge in [-0.2, -0.15) is 10.5 Å². The Hall–Kier alpha value is -3.57. The molecule has 2 rings (SSSR count). The number of rotatable bonds is 6. The van der Waals surface area contributed by atoms with E-state index in [1.807, 2.05) is 24.3 Å². The monoisotopic (exact) mass is 346 g/mol. The van der Waals surface area contributed by atoms with Crippen molar-refractivity contribution >= 4 is 12.0 Å². The lowest BCUT2D eigenvalue weighted by atomic mass is 10.0. The molecular formula is C21H18N2O3. The van der Waals surface area contributed by atoms with E-state index >= 15 is 0 Å². The quantitative estimate of drug-likeness (QED) is 0.444. The lowest BCUT2D eigenvalue weighted by Crippen LogP contribution is -2.17. The minimum absolute atomic E-state index is 0.00614. The van der Waals surface area contributed by atoms with Gasteiger partial charge in [-0.15, -0.1) is 0 Å². The maximum atomic E-state index is 11.9. The van der Waals surface area contributed by atoms with Gasteiger partial charge in [0.2, 0.25) is 0 Å². The molecule has 5 nitrogen and oxygen atoms in total. The average molecular weight is 346 g/mol. The van der Waals surface area contributed by atoms with E-state index in [2.05, 4.69) is 13.8 Å². The van der Waals surface area contributed by atoms with E-state index in [0.29, 0.717) is 23.0 Å². The second-order valence-electron chi connectivity index (χ2n) is 5.84. The first-order valence-corrected chi connectivity index (χ1v) is 8.07. The predicted octanol–water partition coefficient (Wildman–Crippen LogP) is 4.22. The highest BCUT2D eigenvalue weighted by atomic mass is 16.6. The Morgan fingerprint density at radius 1 is 1.00 bits per heavy atom. The van der Waals surface area contributed by atoms with Crippen LogP contribution in [0.4, 0.5) is 0 Å². The molecule has 0 atom stereocenters. The summed E-state index contributed by atoms with van der Waals surface area (Å²) in [7, 11) is 0. The Kier molecular flexibility index (Phi) is 6.53. The zero-order valence-corrected chi connectivity index (χ0v) is 14.6. The number of nitrogens with zero attached hydrogens (tertiary/aromatic N) is 2. The lowest BCUT2D eigenvalue weighted by molar-refractivity contribution is -0.136. The summed E-state index contributed by atoms with van der Waals surface area (Å²) in [5, 5.41) is 17.5. The maximum absolute atomic E-state index is 11.9. The van der Waals surface area contributed by atoms with Crippen molar-refractivity contribution in [1.82, 2.24) is 0 Å². The van der Waals surface area contributed by atoms with Crippen LogP contribution in [0, 0.1) is 22.7 Å².